The Bertz CT molecular complexity index is 786. The minimum atomic E-state index is -3.58. The van der Waals surface area contributed by atoms with Gasteiger partial charge in [0.05, 0.1) is 4.90 Å². The number of carbonyl (C=O) groups is 2. The van der Waals surface area contributed by atoms with Crippen LogP contribution in [0.25, 0.3) is 0 Å². The molecule has 7 nitrogen and oxygen atoms in total. The Morgan fingerprint density at radius 2 is 1.81 bits per heavy atom. The van der Waals surface area contributed by atoms with E-state index in [-0.39, 0.29) is 29.4 Å². The van der Waals surface area contributed by atoms with Crippen molar-refractivity contribution in [1.29, 1.82) is 0 Å². The van der Waals surface area contributed by atoms with Gasteiger partial charge in [-0.05, 0) is 56.9 Å². The monoisotopic (exact) mass is 380 g/mol. The van der Waals surface area contributed by atoms with Crippen LogP contribution >= 0.6 is 0 Å². The summed E-state index contributed by atoms with van der Waals surface area (Å²) in [7, 11) is -3.58. The zero-order valence-corrected chi connectivity index (χ0v) is 15.6. The largest absolute Gasteiger partial charge is 0.480 e. The van der Waals surface area contributed by atoms with Gasteiger partial charge >= 0.3 is 5.97 Å². The van der Waals surface area contributed by atoms with Gasteiger partial charge in [0.15, 0.2) is 0 Å². The van der Waals surface area contributed by atoms with Gasteiger partial charge < -0.3 is 10.0 Å². The SMILES string of the molecule is CC1CCCCN1S(=O)(=O)c1ccc(C(=O)N(CC(=O)O)C2CC2)cc1. The van der Waals surface area contributed by atoms with Crippen molar-refractivity contribution >= 4 is 21.9 Å². The van der Waals surface area contributed by atoms with Crippen molar-refractivity contribution in [3.8, 4) is 0 Å². The summed E-state index contributed by atoms with van der Waals surface area (Å²) in [6.07, 6.45) is 4.34. The molecule has 8 heteroatoms. The van der Waals surface area contributed by atoms with Crippen molar-refractivity contribution in [3.63, 3.8) is 0 Å². The molecule has 142 valence electrons. The number of aliphatic carboxylic acids is 1. The molecule has 1 heterocycles. The minimum Gasteiger partial charge on any atom is -0.480 e. The van der Waals surface area contributed by atoms with Gasteiger partial charge in [0, 0.05) is 24.2 Å². The normalized spacial score (nSPS) is 21.3. The summed E-state index contributed by atoms with van der Waals surface area (Å²) in [5, 5.41) is 9.00. The van der Waals surface area contributed by atoms with Crippen LogP contribution in [0.1, 0.15) is 49.4 Å². The molecule has 0 bridgehead atoms. The highest BCUT2D eigenvalue weighted by Gasteiger charge is 2.35. The summed E-state index contributed by atoms with van der Waals surface area (Å²) in [4.78, 5) is 25.1. The van der Waals surface area contributed by atoms with E-state index in [0.717, 1.165) is 32.1 Å². The third-order valence-electron chi connectivity index (χ3n) is 5.00. The molecule has 26 heavy (non-hydrogen) atoms. The number of nitrogens with zero attached hydrogens (tertiary/aromatic N) is 2. The number of rotatable bonds is 6. The predicted octanol–water partition coefficient (Wildman–Crippen LogP) is 1.94. The molecule has 0 aromatic heterocycles. The van der Waals surface area contributed by atoms with E-state index >= 15 is 0 Å². The second kappa shape index (κ2) is 7.36. The van der Waals surface area contributed by atoms with E-state index in [1.807, 2.05) is 6.92 Å². The molecule has 2 aliphatic rings. The topological polar surface area (TPSA) is 95.0 Å². The smallest absolute Gasteiger partial charge is 0.323 e. The Hall–Kier alpha value is -1.93. The summed E-state index contributed by atoms with van der Waals surface area (Å²) in [5.41, 5.74) is 0.309. The Balaban J connectivity index is 1.79. The molecule has 1 aliphatic carbocycles. The first-order valence-electron chi connectivity index (χ1n) is 8.95. The lowest BCUT2D eigenvalue weighted by atomic mass is 10.1. The van der Waals surface area contributed by atoms with Crippen LogP contribution in [-0.4, -0.2) is 59.8 Å². The Kier molecular flexibility index (Phi) is 5.34. The number of sulfonamides is 1. The molecule has 1 saturated heterocycles. The molecule has 1 aromatic rings. The fourth-order valence-electron chi connectivity index (χ4n) is 3.40. The van der Waals surface area contributed by atoms with Crippen LogP contribution in [-0.2, 0) is 14.8 Å². The van der Waals surface area contributed by atoms with Crippen LogP contribution in [0, 0.1) is 0 Å². The molecule has 2 fully saturated rings. The van der Waals surface area contributed by atoms with Crippen molar-refractivity contribution in [2.24, 2.45) is 0 Å². The lowest BCUT2D eigenvalue weighted by Crippen LogP contribution is -2.42. The molecule has 0 radical (unpaired) electrons. The quantitative estimate of drug-likeness (QED) is 0.814. The van der Waals surface area contributed by atoms with Gasteiger partial charge in [-0.25, -0.2) is 8.42 Å². The molecule has 1 atom stereocenters. The summed E-state index contributed by atoms with van der Waals surface area (Å²) < 4.78 is 27.2. The summed E-state index contributed by atoms with van der Waals surface area (Å²) in [5.74, 6) is -1.42. The molecule has 1 amide bonds. The standard InChI is InChI=1S/C18H24N2O5S/c1-13-4-2-3-11-20(13)26(24,25)16-9-5-14(6-10-16)18(23)19(12-17(21)22)15-7-8-15/h5-6,9-10,13,15H,2-4,7-8,11-12H2,1H3,(H,21,22). The van der Waals surface area contributed by atoms with Crippen LogP contribution in [0.3, 0.4) is 0 Å². The molecule has 1 aliphatic heterocycles. The van der Waals surface area contributed by atoms with Gasteiger partial charge in [-0.15, -0.1) is 0 Å². The molecule has 1 unspecified atom stereocenters. The highest BCUT2D eigenvalue weighted by Crippen LogP contribution is 2.29. The third kappa shape index (κ3) is 3.91. The van der Waals surface area contributed by atoms with Gasteiger partial charge in [-0.2, -0.15) is 4.31 Å². The Morgan fingerprint density at radius 1 is 1.15 bits per heavy atom. The maximum Gasteiger partial charge on any atom is 0.323 e. The highest BCUT2D eigenvalue weighted by atomic mass is 32.2. The van der Waals surface area contributed by atoms with E-state index in [2.05, 4.69) is 0 Å². The van der Waals surface area contributed by atoms with Gasteiger partial charge in [0.2, 0.25) is 10.0 Å². The van der Waals surface area contributed by atoms with E-state index in [1.54, 1.807) is 0 Å². The van der Waals surface area contributed by atoms with Crippen molar-refractivity contribution < 1.29 is 23.1 Å². The predicted molar refractivity (Wildman–Crippen MR) is 95.3 cm³/mol. The lowest BCUT2D eigenvalue weighted by Gasteiger charge is -2.32. The maximum absolute atomic E-state index is 12.8. The Labute approximate surface area is 153 Å². The zero-order chi connectivity index (χ0) is 18.9. The number of carboxylic acid groups (broad SMARTS) is 1. The number of carboxylic acids is 1. The van der Waals surface area contributed by atoms with E-state index in [9.17, 15) is 18.0 Å². The molecule has 1 aromatic carbocycles. The number of benzene rings is 1. The van der Waals surface area contributed by atoms with E-state index in [4.69, 9.17) is 5.11 Å². The van der Waals surface area contributed by atoms with Gasteiger partial charge in [-0.3, -0.25) is 9.59 Å². The summed E-state index contributed by atoms with van der Waals surface area (Å²) in [6, 6.07) is 5.76. The van der Waals surface area contributed by atoms with E-state index in [0.29, 0.717) is 12.1 Å². The number of piperidine rings is 1. The first-order valence-corrected chi connectivity index (χ1v) is 10.4. The highest BCUT2D eigenvalue weighted by molar-refractivity contribution is 7.89. The molecule has 3 rings (SSSR count). The van der Waals surface area contributed by atoms with Crippen LogP contribution < -0.4 is 0 Å². The summed E-state index contributed by atoms with van der Waals surface area (Å²) >= 11 is 0. The van der Waals surface area contributed by atoms with Gasteiger partial charge in [-0.1, -0.05) is 6.42 Å². The third-order valence-corrected chi connectivity index (χ3v) is 7.03. The maximum atomic E-state index is 12.8. The van der Waals surface area contributed by atoms with Crippen molar-refractivity contribution in [1.82, 2.24) is 9.21 Å². The van der Waals surface area contributed by atoms with E-state index in [1.165, 1.54) is 33.5 Å². The van der Waals surface area contributed by atoms with E-state index < -0.39 is 16.0 Å². The number of amides is 1. The van der Waals surface area contributed by atoms with Gasteiger partial charge in [0.1, 0.15) is 6.54 Å². The van der Waals surface area contributed by atoms with Crippen molar-refractivity contribution in [3.05, 3.63) is 29.8 Å². The number of carbonyl (C=O) groups excluding carboxylic acids is 1. The first-order chi connectivity index (χ1) is 12.3. The fourth-order valence-corrected chi connectivity index (χ4v) is 5.10. The molecule has 1 saturated carbocycles. The summed E-state index contributed by atoms with van der Waals surface area (Å²) in [6.45, 7) is 2.08. The van der Waals surface area contributed by atoms with Gasteiger partial charge in [0.25, 0.3) is 5.91 Å². The lowest BCUT2D eigenvalue weighted by molar-refractivity contribution is -0.137. The number of hydrogen-bond acceptors (Lipinski definition) is 4. The second-order valence-electron chi connectivity index (χ2n) is 7.04. The van der Waals surface area contributed by atoms with Crippen molar-refractivity contribution in [2.45, 2.75) is 56.0 Å². The van der Waals surface area contributed by atoms with Crippen molar-refractivity contribution in [2.75, 3.05) is 13.1 Å². The molecule has 0 spiro atoms. The molecular formula is C18H24N2O5S. The number of hydrogen-bond donors (Lipinski definition) is 1. The average molecular weight is 380 g/mol. The average Bonchev–Trinajstić information content (AvgIpc) is 3.44. The second-order valence-corrected chi connectivity index (χ2v) is 8.93. The fraction of sp³-hybridized carbons (Fsp3) is 0.556. The van der Waals surface area contributed by atoms with Crippen LogP contribution in [0.15, 0.2) is 29.2 Å². The van der Waals surface area contributed by atoms with Crippen LogP contribution in [0.5, 0.6) is 0 Å². The molecular weight excluding hydrogens is 356 g/mol. The van der Waals surface area contributed by atoms with Crippen LogP contribution in [0.2, 0.25) is 0 Å². The first kappa shape index (κ1) is 18.8. The zero-order valence-electron chi connectivity index (χ0n) is 14.8. The van der Waals surface area contributed by atoms with Crippen LogP contribution in [0.4, 0.5) is 0 Å². The minimum absolute atomic E-state index is 0.0313. The molecule has 1 N–H and O–H groups in total. The Morgan fingerprint density at radius 3 is 2.35 bits per heavy atom.